The Hall–Kier alpha value is -3.95. The van der Waals surface area contributed by atoms with E-state index in [1.54, 1.807) is 29.4 Å². The van der Waals surface area contributed by atoms with Gasteiger partial charge in [0.1, 0.15) is 5.76 Å². The fourth-order valence-corrected chi connectivity index (χ4v) is 7.32. The molecule has 192 valence electrons. The van der Waals surface area contributed by atoms with Crippen molar-refractivity contribution in [2.45, 2.75) is 31.2 Å². The number of anilines is 2. The number of para-hydroxylation sites is 1. The largest absolute Gasteiger partial charge is 0.467 e. The van der Waals surface area contributed by atoms with E-state index in [2.05, 4.69) is 0 Å². The van der Waals surface area contributed by atoms with E-state index in [0.29, 0.717) is 23.0 Å². The van der Waals surface area contributed by atoms with Crippen LogP contribution in [0.1, 0.15) is 33.7 Å². The molecule has 1 aliphatic heterocycles. The molecule has 0 saturated carbocycles. The number of carbonyl (C=O) groups is 1. The van der Waals surface area contributed by atoms with Crippen molar-refractivity contribution in [1.29, 1.82) is 0 Å². The van der Waals surface area contributed by atoms with Crippen LogP contribution in [0, 0.1) is 6.92 Å². The summed E-state index contributed by atoms with van der Waals surface area (Å²) in [5.41, 5.74) is 4.04. The zero-order valence-corrected chi connectivity index (χ0v) is 22.3. The number of hydrogen-bond acceptors (Lipinski definition) is 6. The molecule has 6 rings (SSSR count). The zero-order chi connectivity index (χ0) is 26.3. The molecule has 0 fully saturated rings. The van der Waals surface area contributed by atoms with E-state index < -0.39 is 10.0 Å². The van der Waals surface area contributed by atoms with Crippen molar-refractivity contribution in [3.63, 3.8) is 0 Å². The summed E-state index contributed by atoms with van der Waals surface area (Å²) in [6.45, 7) is 2.64. The minimum Gasteiger partial charge on any atom is -0.467 e. The molecule has 0 aliphatic carbocycles. The third-order valence-corrected chi connectivity index (χ3v) is 9.53. The maximum atomic E-state index is 13.7. The molecule has 0 bridgehead atoms. The second-order valence-electron chi connectivity index (χ2n) is 9.27. The van der Waals surface area contributed by atoms with Crippen molar-refractivity contribution in [3.8, 4) is 0 Å². The summed E-state index contributed by atoms with van der Waals surface area (Å²) >= 11 is 1.43. The van der Waals surface area contributed by atoms with Gasteiger partial charge in [-0.2, -0.15) is 0 Å². The van der Waals surface area contributed by atoms with E-state index in [-0.39, 0.29) is 17.3 Å². The molecule has 0 radical (unpaired) electrons. The molecule has 2 aromatic heterocycles. The monoisotopic (exact) mass is 543 g/mol. The Morgan fingerprint density at radius 3 is 2.66 bits per heavy atom. The van der Waals surface area contributed by atoms with E-state index in [0.717, 1.165) is 39.9 Å². The molecule has 1 aliphatic rings. The number of carbonyl (C=O) groups excluding carboxylic acids is 1. The lowest BCUT2D eigenvalue weighted by molar-refractivity contribution is 0.0983. The van der Waals surface area contributed by atoms with Gasteiger partial charge in [-0.1, -0.05) is 35.6 Å². The number of aryl methyl sites for hydroxylation is 2. The lowest BCUT2D eigenvalue weighted by atomic mass is 10.0. The number of furan rings is 1. The SMILES string of the molecule is Cc1ccc2nc(N(Cc3ccco3)C(=O)c3ccc(S(=O)(=O)N4CCCc5ccccc54)cc3)sc2c1. The Labute approximate surface area is 225 Å². The van der Waals surface area contributed by atoms with Crippen LogP contribution in [0.2, 0.25) is 0 Å². The third kappa shape index (κ3) is 4.48. The molecule has 3 heterocycles. The number of fused-ring (bicyclic) bond motifs is 2. The maximum absolute atomic E-state index is 13.7. The lowest BCUT2D eigenvalue weighted by Crippen LogP contribution is -2.35. The average molecular weight is 544 g/mol. The Balaban J connectivity index is 1.32. The van der Waals surface area contributed by atoms with Gasteiger partial charge in [0.25, 0.3) is 15.9 Å². The van der Waals surface area contributed by atoms with Gasteiger partial charge in [-0.15, -0.1) is 0 Å². The first-order valence-corrected chi connectivity index (χ1v) is 14.6. The quantitative estimate of drug-likeness (QED) is 0.255. The van der Waals surface area contributed by atoms with Gasteiger partial charge in [0.2, 0.25) is 0 Å². The Morgan fingerprint density at radius 1 is 1.05 bits per heavy atom. The molecule has 5 aromatic rings. The molecule has 9 heteroatoms. The zero-order valence-electron chi connectivity index (χ0n) is 20.7. The van der Waals surface area contributed by atoms with Crippen LogP contribution in [0.3, 0.4) is 0 Å². The molecule has 0 N–H and O–H groups in total. The number of aromatic nitrogens is 1. The summed E-state index contributed by atoms with van der Waals surface area (Å²) in [6.07, 6.45) is 3.18. The summed E-state index contributed by atoms with van der Waals surface area (Å²) in [5, 5.41) is 0.550. The standard InChI is InChI=1S/C29H25N3O4S2/c1-20-10-15-25-27(18-20)37-29(30-25)31(19-23-8-5-17-36-23)28(33)22-11-13-24(14-12-22)38(34,35)32-16-4-7-21-6-2-3-9-26(21)32/h2-3,5-6,8-15,17-18H,4,7,16,19H2,1H3. The van der Waals surface area contributed by atoms with Crippen LogP contribution >= 0.6 is 11.3 Å². The smallest absolute Gasteiger partial charge is 0.264 e. The van der Waals surface area contributed by atoms with Crippen LogP contribution in [0.5, 0.6) is 0 Å². The van der Waals surface area contributed by atoms with Gasteiger partial charge in [0.05, 0.1) is 33.6 Å². The van der Waals surface area contributed by atoms with Crippen LogP contribution in [0.15, 0.2) is 94.4 Å². The number of rotatable bonds is 6. The molecule has 0 spiro atoms. The number of amides is 1. The highest BCUT2D eigenvalue weighted by Crippen LogP contribution is 2.33. The van der Waals surface area contributed by atoms with Crippen molar-refractivity contribution in [1.82, 2.24) is 4.98 Å². The van der Waals surface area contributed by atoms with Gasteiger partial charge in [-0.05, 0) is 85.5 Å². The number of hydrogen-bond donors (Lipinski definition) is 0. The van der Waals surface area contributed by atoms with E-state index in [4.69, 9.17) is 9.40 Å². The minimum absolute atomic E-state index is 0.152. The van der Waals surface area contributed by atoms with Gasteiger partial charge in [-0.25, -0.2) is 13.4 Å². The summed E-state index contributed by atoms with van der Waals surface area (Å²) in [4.78, 5) is 20.2. The highest BCUT2D eigenvalue weighted by Gasteiger charge is 2.29. The lowest BCUT2D eigenvalue weighted by Gasteiger charge is -2.30. The van der Waals surface area contributed by atoms with Gasteiger partial charge in [0.15, 0.2) is 5.13 Å². The van der Waals surface area contributed by atoms with E-state index in [1.807, 2.05) is 55.5 Å². The van der Waals surface area contributed by atoms with Crippen molar-refractivity contribution in [2.75, 3.05) is 15.7 Å². The van der Waals surface area contributed by atoms with Crippen LogP contribution in [0.25, 0.3) is 10.2 Å². The maximum Gasteiger partial charge on any atom is 0.264 e. The average Bonchev–Trinajstić information content (AvgIpc) is 3.60. The topological polar surface area (TPSA) is 83.7 Å². The predicted octanol–water partition coefficient (Wildman–Crippen LogP) is 6.19. The number of thiazole rings is 1. The summed E-state index contributed by atoms with van der Waals surface area (Å²) in [7, 11) is -3.77. The number of benzene rings is 3. The fourth-order valence-electron chi connectivity index (χ4n) is 4.72. The van der Waals surface area contributed by atoms with Crippen LogP contribution < -0.4 is 9.21 Å². The Kier molecular flexibility index (Phi) is 6.25. The first-order valence-electron chi connectivity index (χ1n) is 12.3. The summed E-state index contributed by atoms with van der Waals surface area (Å²) in [6, 6.07) is 23.3. The fraction of sp³-hybridized carbons (Fsp3) is 0.172. The number of nitrogens with zero attached hydrogens (tertiary/aromatic N) is 3. The van der Waals surface area contributed by atoms with Gasteiger partial charge < -0.3 is 4.42 Å². The molecule has 0 atom stereocenters. The highest BCUT2D eigenvalue weighted by molar-refractivity contribution is 7.92. The van der Waals surface area contributed by atoms with Crippen LogP contribution in [-0.4, -0.2) is 25.9 Å². The van der Waals surface area contributed by atoms with Gasteiger partial charge in [0, 0.05) is 12.1 Å². The van der Waals surface area contributed by atoms with E-state index in [1.165, 1.54) is 27.8 Å². The molecule has 38 heavy (non-hydrogen) atoms. The normalized spacial score (nSPS) is 13.4. The van der Waals surface area contributed by atoms with Gasteiger partial charge in [-0.3, -0.25) is 14.0 Å². The second-order valence-corrected chi connectivity index (χ2v) is 12.1. The van der Waals surface area contributed by atoms with Crippen molar-refractivity contribution in [2.24, 2.45) is 0 Å². The van der Waals surface area contributed by atoms with E-state index >= 15 is 0 Å². The van der Waals surface area contributed by atoms with Crippen LogP contribution in [0.4, 0.5) is 10.8 Å². The molecule has 1 amide bonds. The van der Waals surface area contributed by atoms with Crippen molar-refractivity contribution >= 4 is 48.3 Å². The first-order chi connectivity index (χ1) is 18.4. The first kappa shape index (κ1) is 24.4. The molecule has 3 aromatic carbocycles. The van der Waals surface area contributed by atoms with Crippen molar-refractivity contribution < 1.29 is 17.6 Å². The minimum atomic E-state index is -3.77. The molecular weight excluding hydrogens is 518 g/mol. The molecule has 7 nitrogen and oxygen atoms in total. The predicted molar refractivity (Wildman–Crippen MR) is 149 cm³/mol. The number of sulfonamides is 1. The Bertz CT molecular complexity index is 1730. The third-order valence-electron chi connectivity index (χ3n) is 6.66. The Morgan fingerprint density at radius 2 is 1.87 bits per heavy atom. The summed E-state index contributed by atoms with van der Waals surface area (Å²) in [5.74, 6) is 0.334. The van der Waals surface area contributed by atoms with E-state index in [9.17, 15) is 13.2 Å². The highest BCUT2D eigenvalue weighted by atomic mass is 32.2. The van der Waals surface area contributed by atoms with Crippen LogP contribution in [-0.2, 0) is 23.0 Å². The summed E-state index contributed by atoms with van der Waals surface area (Å²) < 4.78 is 35.0. The van der Waals surface area contributed by atoms with Crippen molar-refractivity contribution in [3.05, 3.63) is 108 Å². The molecular formula is C29H25N3O4S2. The molecule has 0 unspecified atom stereocenters. The second kappa shape index (κ2) is 9.74. The van der Waals surface area contributed by atoms with Gasteiger partial charge >= 0.3 is 0 Å². The molecule has 0 saturated heterocycles.